The highest BCUT2D eigenvalue weighted by Crippen LogP contribution is 2.17. The van der Waals surface area contributed by atoms with Crippen LogP contribution in [0.1, 0.15) is 0 Å². The number of ether oxygens (including phenoxy) is 1. The van der Waals surface area contributed by atoms with Crippen LogP contribution < -0.4 is 10.1 Å². The van der Waals surface area contributed by atoms with Gasteiger partial charge in [0.25, 0.3) is 0 Å². The minimum absolute atomic E-state index is 0.241. The fourth-order valence-corrected chi connectivity index (χ4v) is 2.08. The Morgan fingerprint density at radius 3 is 3.11 bits per heavy atom. The van der Waals surface area contributed by atoms with Crippen LogP contribution in [0.15, 0.2) is 24.3 Å². The molecule has 0 amide bonds. The molecular formula is C14H18ClNO2S. The molecule has 0 saturated carbocycles. The molecule has 19 heavy (non-hydrogen) atoms. The van der Waals surface area contributed by atoms with Crippen LogP contribution in [0, 0.1) is 12.3 Å². The number of hydrogen-bond acceptors (Lipinski definition) is 4. The number of terminal acetylenes is 1. The fourth-order valence-electron chi connectivity index (χ4n) is 1.35. The van der Waals surface area contributed by atoms with E-state index in [0.29, 0.717) is 17.3 Å². The summed E-state index contributed by atoms with van der Waals surface area (Å²) in [6, 6.07) is 7.12. The normalized spacial score (nSPS) is 11.8. The number of thioether (sulfide) groups is 1. The van der Waals surface area contributed by atoms with Gasteiger partial charge in [-0.3, -0.25) is 0 Å². The van der Waals surface area contributed by atoms with Crippen molar-refractivity contribution in [3.63, 3.8) is 0 Å². The molecule has 0 saturated heterocycles. The quantitative estimate of drug-likeness (QED) is 0.541. The summed E-state index contributed by atoms with van der Waals surface area (Å²) in [6.45, 7) is 1.56. The molecule has 0 radical (unpaired) electrons. The predicted octanol–water partition coefficient (Wildman–Crippen LogP) is 2.04. The Hall–Kier alpha value is -0.860. The average molecular weight is 300 g/mol. The van der Waals surface area contributed by atoms with Crippen molar-refractivity contribution in [2.45, 2.75) is 6.10 Å². The minimum Gasteiger partial charge on any atom is -0.491 e. The first-order valence-electron chi connectivity index (χ1n) is 6.00. The summed E-state index contributed by atoms with van der Waals surface area (Å²) in [7, 11) is 0. The lowest BCUT2D eigenvalue weighted by atomic mass is 10.3. The topological polar surface area (TPSA) is 41.5 Å². The van der Waals surface area contributed by atoms with Crippen LogP contribution in [0.25, 0.3) is 0 Å². The first kappa shape index (κ1) is 16.2. The molecule has 2 N–H and O–H groups in total. The number of hydrogen-bond donors (Lipinski definition) is 2. The second-order valence-corrected chi connectivity index (χ2v) is 5.42. The van der Waals surface area contributed by atoms with Gasteiger partial charge in [-0.05, 0) is 18.2 Å². The molecule has 0 aromatic heterocycles. The molecule has 1 aromatic carbocycles. The maximum atomic E-state index is 9.72. The standard InChI is InChI=1S/C14H18ClNO2S/c1-2-7-19-8-6-16-10-13(17)11-18-14-5-3-4-12(15)9-14/h1,3-5,9,13,16-17H,6-8,10-11H2. The van der Waals surface area contributed by atoms with Crippen molar-refractivity contribution in [3.05, 3.63) is 29.3 Å². The van der Waals surface area contributed by atoms with Crippen LogP contribution >= 0.6 is 23.4 Å². The minimum atomic E-state index is -0.545. The van der Waals surface area contributed by atoms with Gasteiger partial charge in [-0.25, -0.2) is 0 Å². The van der Waals surface area contributed by atoms with Crippen molar-refractivity contribution < 1.29 is 9.84 Å². The summed E-state index contributed by atoms with van der Waals surface area (Å²) in [5, 5.41) is 13.5. The molecule has 1 unspecified atom stereocenters. The van der Waals surface area contributed by atoms with Crippen molar-refractivity contribution in [1.82, 2.24) is 5.32 Å². The Morgan fingerprint density at radius 2 is 2.37 bits per heavy atom. The lowest BCUT2D eigenvalue weighted by Crippen LogP contribution is -2.32. The maximum Gasteiger partial charge on any atom is 0.120 e. The molecule has 1 rings (SSSR count). The molecule has 0 bridgehead atoms. The molecule has 1 aromatic rings. The van der Waals surface area contributed by atoms with Gasteiger partial charge in [0.2, 0.25) is 0 Å². The highest BCUT2D eigenvalue weighted by Gasteiger charge is 2.04. The molecule has 0 heterocycles. The Balaban J connectivity index is 2.08. The smallest absolute Gasteiger partial charge is 0.120 e. The van der Waals surface area contributed by atoms with Gasteiger partial charge in [-0.15, -0.1) is 18.2 Å². The molecule has 3 nitrogen and oxygen atoms in total. The van der Waals surface area contributed by atoms with Gasteiger partial charge in [0.15, 0.2) is 0 Å². The molecular weight excluding hydrogens is 282 g/mol. The van der Waals surface area contributed by atoms with Gasteiger partial charge in [0.05, 0.1) is 5.75 Å². The predicted molar refractivity (Wildman–Crippen MR) is 82.0 cm³/mol. The number of benzene rings is 1. The summed E-state index contributed by atoms with van der Waals surface area (Å²) in [5.41, 5.74) is 0. The number of aliphatic hydroxyl groups is 1. The lowest BCUT2D eigenvalue weighted by molar-refractivity contribution is 0.107. The van der Waals surface area contributed by atoms with Crippen molar-refractivity contribution in [2.24, 2.45) is 0 Å². The van der Waals surface area contributed by atoms with Crippen LogP contribution in [0.2, 0.25) is 5.02 Å². The average Bonchev–Trinajstić information content (AvgIpc) is 2.40. The molecule has 0 aliphatic rings. The largest absolute Gasteiger partial charge is 0.491 e. The zero-order chi connectivity index (χ0) is 13.9. The number of rotatable bonds is 9. The lowest BCUT2D eigenvalue weighted by Gasteiger charge is -2.13. The van der Waals surface area contributed by atoms with E-state index < -0.39 is 6.10 Å². The van der Waals surface area contributed by atoms with Gasteiger partial charge in [-0.1, -0.05) is 23.6 Å². The highest BCUT2D eigenvalue weighted by molar-refractivity contribution is 7.99. The third kappa shape index (κ3) is 8.02. The zero-order valence-electron chi connectivity index (χ0n) is 10.6. The Morgan fingerprint density at radius 1 is 1.53 bits per heavy atom. The van der Waals surface area contributed by atoms with Crippen LogP contribution in [-0.4, -0.2) is 42.4 Å². The summed E-state index contributed by atoms with van der Waals surface area (Å²) >= 11 is 7.52. The molecule has 5 heteroatoms. The second kappa shape index (κ2) is 9.99. The van der Waals surface area contributed by atoms with E-state index in [0.717, 1.165) is 18.1 Å². The van der Waals surface area contributed by atoms with E-state index in [1.807, 2.05) is 12.1 Å². The maximum absolute atomic E-state index is 9.72. The summed E-state index contributed by atoms with van der Waals surface area (Å²) in [5.74, 6) is 4.89. The van der Waals surface area contributed by atoms with E-state index in [-0.39, 0.29) is 6.61 Å². The summed E-state index contributed by atoms with van der Waals surface area (Å²) < 4.78 is 5.44. The number of nitrogens with one attached hydrogen (secondary N) is 1. The van der Waals surface area contributed by atoms with Gasteiger partial charge in [0, 0.05) is 23.9 Å². The first-order chi connectivity index (χ1) is 9.22. The van der Waals surface area contributed by atoms with E-state index in [1.165, 1.54) is 0 Å². The van der Waals surface area contributed by atoms with E-state index in [4.69, 9.17) is 22.8 Å². The molecule has 0 spiro atoms. The van der Waals surface area contributed by atoms with Gasteiger partial charge in [0.1, 0.15) is 18.5 Å². The van der Waals surface area contributed by atoms with Crippen LogP contribution in [-0.2, 0) is 0 Å². The summed E-state index contributed by atoms with van der Waals surface area (Å²) in [4.78, 5) is 0. The van der Waals surface area contributed by atoms with Crippen LogP contribution in [0.5, 0.6) is 5.75 Å². The van der Waals surface area contributed by atoms with E-state index >= 15 is 0 Å². The zero-order valence-corrected chi connectivity index (χ0v) is 12.2. The third-order valence-electron chi connectivity index (χ3n) is 2.23. The SMILES string of the molecule is C#CCSCCNCC(O)COc1cccc(Cl)c1. The van der Waals surface area contributed by atoms with Crippen LogP contribution in [0.3, 0.4) is 0 Å². The van der Waals surface area contributed by atoms with Gasteiger partial charge in [-0.2, -0.15) is 0 Å². The van der Waals surface area contributed by atoms with Crippen molar-refractivity contribution in [3.8, 4) is 18.1 Å². The molecule has 0 fully saturated rings. The van der Waals surface area contributed by atoms with Gasteiger partial charge >= 0.3 is 0 Å². The van der Waals surface area contributed by atoms with Crippen molar-refractivity contribution >= 4 is 23.4 Å². The second-order valence-electron chi connectivity index (χ2n) is 3.88. The summed E-state index contributed by atoms with van der Waals surface area (Å²) in [6.07, 6.45) is 4.59. The van der Waals surface area contributed by atoms with E-state index in [2.05, 4.69) is 11.2 Å². The Kier molecular flexibility index (Phi) is 8.52. The number of aliphatic hydroxyl groups excluding tert-OH is 1. The van der Waals surface area contributed by atoms with Gasteiger partial charge < -0.3 is 15.2 Å². The molecule has 0 aliphatic heterocycles. The first-order valence-corrected chi connectivity index (χ1v) is 7.54. The van der Waals surface area contributed by atoms with Crippen molar-refractivity contribution in [1.29, 1.82) is 0 Å². The third-order valence-corrected chi connectivity index (χ3v) is 3.33. The molecule has 104 valence electrons. The number of halogens is 1. The fraction of sp³-hybridized carbons (Fsp3) is 0.429. The Labute approximate surface area is 123 Å². The monoisotopic (exact) mass is 299 g/mol. The van der Waals surface area contributed by atoms with E-state index in [1.54, 1.807) is 23.9 Å². The van der Waals surface area contributed by atoms with Crippen molar-refractivity contribution in [2.75, 3.05) is 31.2 Å². The molecule has 0 aliphatic carbocycles. The Bertz CT molecular complexity index is 409. The highest BCUT2D eigenvalue weighted by atomic mass is 35.5. The molecule has 1 atom stereocenters. The van der Waals surface area contributed by atoms with Crippen LogP contribution in [0.4, 0.5) is 0 Å². The van der Waals surface area contributed by atoms with E-state index in [9.17, 15) is 5.11 Å².